The number of carbonyl (C=O) groups excluding carboxylic acids is 4. The van der Waals surface area contributed by atoms with Gasteiger partial charge in [0.25, 0.3) is 0 Å². The van der Waals surface area contributed by atoms with Gasteiger partial charge in [0.2, 0.25) is 23.5 Å². The van der Waals surface area contributed by atoms with Crippen LogP contribution in [0.4, 0.5) is 0 Å². The molecule has 13 nitrogen and oxygen atoms in total. The number of nitrogens with two attached hydrogens (primary N) is 3. The highest BCUT2D eigenvalue weighted by Gasteiger charge is 2.34. The number of aromatic nitrogens is 1. The van der Waals surface area contributed by atoms with Gasteiger partial charge in [0.15, 0.2) is 16.1 Å². The second-order valence-electron chi connectivity index (χ2n) is 7.76. The molecule has 0 spiro atoms. The summed E-state index contributed by atoms with van der Waals surface area (Å²) in [6.45, 7) is 0.391. The van der Waals surface area contributed by atoms with Crippen LogP contribution >= 0.6 is 23.1 Å². The Hall–Kier alpha value is -3.20. The van der Waals surface area contributed by atoms with Crippen molar-refractivity contribution in [3.05, 3.63) is 16.6 Å². The van der Waals surface area contributed by atoms with Gasteiger partial charge in [-0.15, -0.1) is 11.3 Å². The number of rotatable bonds is 14. The smallest absolute Gasteiger partial charge is 0.245 e. The number of hydrogen-bond acceptors (Lipinski definition) is 9. The maximum absolute atomic E-state index is 12.8. The molecule has 1 aliphatic heterocycles. The van der Waals surface area contributed by atoms with Gasteiger partial charge in [-0.05, 0) is 25.7 Å². The standard InChI is InChI=1S/C20H31N9O4S2/c21-19(22)26-6-1-3-12(16(32)17-25-7-10-34-17)27-15(31)11-29-8-5-13(18(29)33)28-14(30)4-2-9-35-20(23)24/h7,10,12-13H,1-6,8-9,11H2,(H3,23,24)(H,27,31)(H,28,30)(H4,21,22,26)/t12-,13-/m0/s1. The van der Waals surface area contributed by atoms with E-state index in [1.165, 1.54) is 22.4 Å². The van der Waals surface area contributed by atoms with E-state index in [1.807, 2.05) is 0 Å². The minimum atomic E-state index is -0.830. The van der Waals surface area contributed by atoms with Gasteiger partial charge in [-0.2, -0.15) is 0 Å². The van der Waals surface area contributed by atoms with Crippen LogP contribution in [0.2, 0.25) is 0 Å². The van der Waals surface area contributed by atoms with E-state index in [2.05, 4.69) is 20.6 Å². The molecule has 0 aromatic carbocycles. The summed E-state index contributed by atoms with van der Waals surface area (Å²) in [6.07, 6.45) is 3.40. The highest BCUT2D eigenvalue weighted by molar-refractivity contribution is 8.13. The summed E-state index contributed by atoms with van der Waals surface area (Å²) in [6, 6.07) is -1.52. The first-order valence-electron chi connectivity index (χ1n) is 11.0. The van der Waals surface area contributed by atoms with Crippen LogP contribution in [-0.2, 0) is 14.4 Å². The summed E-state index contributed by atoms with van der Waals surface area (Å²) in [5.74, 6) is -0.931. The molecule has 192 valence electrons. The van der Waals surface area contributed by atoms with Crippen LogP contribution in [0, 0.1) is 5.41 Å². The van der Waals surface area contributed by atoms with Crippen LogP contribution in [0.25, 0.3) is 0 Å². The van der Waals surface area contributed by atoms with E-state index in [0.717, 1.165) is 11.8 Å². The molecule has 35 heavy (non-hydrogen) atoms. The average Bonchev–Trinajstić information content (AvgIpc) is 3.44. The Labute approximate surface area is 211 Å². The molecule has 0 bridgehead atoms. The summed E-state index contributed by atoms with van der Waals surface area (Å²) in [5.41, 5.74) is 15.9. The van der Waals surface area contributed by atoms with Crippen LogP contribution in [0.3, 0.4) is 0 Å². The Morgan fingerprint density at radius 1 is 1.29 bits per heavy atom. The minimum Gasteiger partial charge on any atom is -0.379 e. The average molecular weight is 526 g/mol. The van der Waals surface area contributed by atoms with Gasteiger partial charge in [-0.1, -0.05) is 11.8 Å². The molecular formula is C20H31N9O4S2. The molecule has 3 amide bonds. The topological polar surface area (TPSA) is 223 Å². The fourth-order valence-electron chi connectivity index (χ4n) is 3.39. The number of thioether (sulfide) groups is 1. The molecule has 2 rings (SSSR count). The number of amides is 3. The lowest BCUT2D eigenvalue weighted by Crippen LogP contribution is -2.48. The zero-order valence-electron chi connectivity index (χ0n) is 19.2. The molecule has 1 aromatic rings. The second kappa shape index (κ2) is 14.3. The molecule has 0 aliphatic carbocycles. The number of carbonyl (C=O) groups is 4. The molecule has 15 heteroatoms. The number of nitrogens with one attached hydrogen (secondary N) is 3. The number of likely N-dealkylation sites (tertiary alicyclic amines) is 1. The Morgan fingerprint density at radius 2 is 2.06 bits per heavy atom. The largest absolute Gasteiger partial charge is 0.379 e. The van der Waals surface area contributed by atoms with Crippen molar-refractivity contribution in [3.8, 4) is 0 Å². The predicted octanol–water partition coefficient (Wildman–Crippen LogP) is -1.01. The van der Waals surface area contributed by atoms with Crippen molar-refractivity contribution in [2.75, 3.05) is 25.4 Å². The molecule has 0 unspecified atom stereocenters. The van der Waals surface area contributed by atoms with Gasteiger partial charge in [0, 0.05) is 36.8 Å². The number of thiazole rings is 1. The highest BCUT2D eigenvalue weighted by Crippen LogP contribution is 2.14. The maximum Gasteiger partial charge on any atom is 0.245 e. The number of aliphatic imine (C=N–C) groups is 1. The monoisotopic (exact) mass is 525 g/mol. The molecule has 0 saturated carbocycles. The molecule has 0 radical (unpaired) electrons. The van der Waals surface area contributed by atoms with Crippen molar-refractivity contribution in [2.45, 2.75) is 44.2 Å². The molecule has 1 aliphatic rings. The Bertz CT molecular complexity index is 935. The van der Waals surface area contributed by atoms with Crippen molar-refractivity contribution in [1.29, 1.82) is 5.41 Å². The predicted molar refractivity (Wildman–Crippen MR) is 135 cm³/mol. The normalized spacial score (nSPS) is 15.9. The number of hydrogen-bond donors (Lipinski definition) is 6. The van der Waals surface area contributed by atoms with Crippen LogP contribution < -0.4 is 27.8 Å². The zero-order chi connectivity index (χ0) is 25.8. The lowest BCUT2D eigenvalue weighted by atomic mass is 10.1. The lowest BCUT2D eigenvalue weighted by molar-refractivity contribution is -0.135. The third-order valence-corrected chi connectivity index (χ3v) is 6.60. The molecule has 2 atom stereocenters. The molecular weight excluding hydrogens is 494 g/mol. The quantitative estimate of drug-likeness (QED) is 0.0756. The van der Waals surface area contributed by atoms with Crippen LogP contribution in [-0.4, -0.2) is 82.0 Å². The summed E-state index contributed by atoms with van der Waals surface area (Å²) in [7, 11) is 0. The van der Waals surface area contributed by atoms with Crippen molar-refractivity contribution in [3.63, 3.8) is 0 Å². The van der Waals surface area contributed by atoms with E-state index in [0.29, 0.717) is 44.5 Å². The fraction of sp³-hybridized carbons (Fsp3) is 0.550. The molecule has 1 aromatic heterocycles. The van der Waals surface area contributed by atoms with Gasteiger partial charge < -0.3 is 32.7 Å². The lowest BCUT2D eigenvalue weighted by Gasteiger charge is -2.20. The highest BCUT2D eigenvalue weighted by atomic mass is 32.2. The fourth-order valence-corrected chi connectivity index (χ4v) is 4.53. The van der Waals surface area contributed by atoms with Gasteiger partial charge >= 0.3 is 0 Å². The maximum atomic E-state index is 12.8. The summed E-state index contributed by atoms with van der Waals surface area (Å²) in [5, 5.41) is 14.5. The molecule has 2 heterocycles. The number of guanidine groups is 1. The van der Waals surface area contributed by atoms with Crippen LogP contribution in [0.1, 0.15) is 41.9 Å². The Balaban J connectivity index is 1.85. The van der Waals surface area contributed by atoms with E-state index in [-0.39, 0.29) is 46.7 Å². The Kier molecular flexibility index (Phi) is 11.4. The van der Waals surface area contributed by atoms with E-state index in [1.54, 1.807) is 5.38 Å². The number of amidine groups is 1. The first-order valence-corrected chi connectivity index (χ1v) is 12.9. The minimum absolute atomic E-state index is 0.00495. The van der Waals surface area contributed by atoms with Gasteiger partial charge in [0.05, 0.1) is 12.6 Å². The molecule has 9 N–H and O–H groups in total. The van der Waals surface area contributed by atoms with E-state index < -0.39 is 18.0 Å². The molecule has 1 saturated heterocycles. The molecule has 1 fully saturated rings. The van der Waals surface area contributed by atoms with Crippen molar-refractivity contribution < 1.29 is 19.2 Å². The third-order valence-electron chi connectivity index (χ3n) is 5.01. The van der Waals surface area contributed by atoms with Gasteiger partial charge in [-0.3, -0.25) is 29.6 Å². The van der Waals surface area contributed by atoms with Crippen molar-refractivity contribution >= 4 is 57.7 Å². The van der Waals surface area contributed by atoms with Crippen LogP contribution in [0.15, 0.2) is 16.6 Å². The zero-order valence-corrected chi connectivity index (χ0v) is 20.8. The number of Topliss-reactive ketones (excluding diaryl/α,β-unsaturated/α-hetero) is 1. The first-order chi connectivity index (χ1) is 16.7. The second-order valence-corrected chi connectivity index (χ2v) is 9.79. The van der Waals surface area contributed by atoms with Crippen molar-refractivity contribution in [1.82, 2.24) is 20.5 Å². The van der Waals surface area contributed by atoms with E-state index in [4.69, 9.17) is 22.6 Å². The summed E-state index contributed by atoms with van der Waals surface area (Å²) >= 11 is 2.33. The van der Waals surface area contributed by atoms with E-state index >= 15 is 0 Å². The first kappa shape index (κ1) is 28.0. The van der Waals surface area contributed by atoms with E-state index in [9.17, 15) is 19.2 Å². The van der Waals surface area contributed by atoms with Gasteiger partial charge in [-0.25, -0.2) is 4.98 Å². The summed E-state index contributed by atoms with van der Waals surface area (Å²) < 4.78 is 0. The van der Waals surface area contributed by atoms with Crippen LogP contribution in [0.5, 0.6) is 0 Å². The summed E-state index contributed by atoms with van der Waals surface area (Å²) in [4.78, 5) is 59.5. The number of nitrogens with zero attached hydrogens (tertiary/aromatic N) is 3. The van der Waals surface area contributed by atoms with Crippen molar-refractivity contribution in [2.24, 2.45) is 22.2 Å². The third kappa shape index (κ3) is 9.90. The van der Waals surface area contributed by atoms with Gasteiger partial charge in [0.1, 0.15) is 6.04 Å². The Morgan fingerprint density at radius 3 is 2.71 bits per heavy atom. The SMILES string of the molecule is N=C(N)SCCCC(=O)N[C@H]1CCN(CC(=O)N[C@@H](CCCN=C(N)N)C(=O)c2nccs2)C1=O. The number of ketones is 1.